The molecule has 0 saturated carbocycles. The molecule has 2 heterocycles. The van der Waals surface area contributed by atoms with Gasteiger partial charge in [0.05, 0.1) is 5.39 Å². The predicted molar refractivity (Wildman–Crippen MR) is 90.9 cm³/mol. The minimum absolute atomic E-state index is 0.709. The monoisotopic (exact) mass is 317 g/mol. The number of halogens is 1. The fourth-order valence-corrected chi connectivity index (χ4v) is 3.32. The van der Waals surface area contributed by atoms with E-state index in [0.717, 1.165) is 40.4 Å². The van der Waals surface area contributed by atoms with Crippen LogP contribution in [-0.4, -0.2) is 9.97 Å². The van der Waals surface area contributed by atoms with Gasteiger partial charge in [0.2, 0.25) is 0 Å². The number of hydrogen-bond acceptors (Lipinski definition) is 4. The maximum absolute atomic E-state index is 6.04. The number of fused-ring (bicyclic) bond motifs is 1. The van der Waals surface area contributed by atoms with Crippen molar-refractivity contribution in [3.8, 4) is 0 Å². The molecule has 3 nitrogen and oxygen atoms in total. The zero-order chi connectivity index (χ0) is 14.8. The Morgan fingerprint density at radius 2 is 2.00 bits per heavy atom. The first-order chi connectivity index (χ1) is 10.2. The van der Waals surface area contributed by atoms with Gasteiger partial charge in [-0.05, 0) is 30.7 Å². The van der Waals surface area contributed by atoms with Crippen LogP contribution in [0.2, 0.25) is 5.02 Å². The normalized spacial score (nSPS) is 11.0. The molecule has 0 aliphatic carbocycles. The third kappa shape index (κ3) is 3.01. The molecule has 3 rings (SSSR count). The standard InChI is InChI=1S/C16H16ClN3S/c1-3-12-9-13-15(18-11-7-5-6-10(17)8-11)19-14(4-2)20-16(13)21-12/h5-9H,3-4H2,1-2H3,(H,18,19,20). The van der Waals surface area contributed by atoms with Gasteiger partial charge in [0, 0.05) is 22.0 Å². The molecule has 5 heteroatoms. The molecule has 0 atom stereocenters. The van der Waals surface area contributed by atoms with Crippen LogP contribution in [0.1, 0.15) is 24.5 Å². The van der Waals surface area contributed by atoms with Gasteiger partial charge >= 0.3 is 0 Å². The summed E-state index contributed by atoms with van der Waals surface area (Å²) in [6.45, 7) is 4.22. The van der Waals surface area contributed by atoms with Crippen molar-refractivity contribution in [2.24, 2.45) is 0 Å². The molecule has 0 saturated heterocycles. The molecule has 0 radical (unpaired) electrons. The summed E-state index contributed by atoms with van der Waals surface area (Å²) < 4.78 is 0. The summed E-state index contributed by atoms with van der Waals surface area (Å²) >= 11 is 7.78. The minimum Gasteiger partial charge on any atom is -0.340 e. The summed E-state index contributed by atoms with van der Waals surface area (Å²) in [5.41, 5.74) is 0.939. The van der Waals surface area contributed by atoms with E-state index in [2.05, 4.69) is 35.2 Å². The van der Waals surface area contributed by atoms with E-state index in [1.165, 1.54) is 4.88 Å². The maximum atomic E-state index is 6.04. The van der Waals surface area contributed by atoms with Gasteiger partial charge in [0.25, 0.3) is 0 Å². The molecular weight excluding hydrogens is 302 g/mol. The molecular formula is C16H16ClN3S. The van der Waals surface area contributed by atoms with E-state index >= 15 is 0 Å². The Kier molecular flexibility index (Phi) is 4.08. The molecule has 21 heavy (non-hydrogen) atoms. The van der Waals surface area contributed by atoms with Gasteiger partial charge in [0.1, 0.15) is 16.5 Å². The highest BCUT2D eigenvalue weighted by Crippen LogP contribution is 2.31. The van der Waals surface area contributed by atoms with E-state index in [0.29, 0.717) is 5.02 Å². The van der Waals surface area contributed by atoms with Gasteiger partial charge in [-0.2, -0.15) is 0 Å². The average molecular weight is 318 g/mol. The van der Waals surface area contributed by atoms with Crippen LogP contribution < -0.4 is 5.32 Å². The van der Waals surface area contributed by atoms with Gasteiger partial charge in [0.15, 0.2) is 0 Å². The fourth-order valence-electron chi connectivity index (χ4n) is 2.15. The van der Waals surface area contributed by atoms with Crippen molar-refractivity contribution in [3.05, 3.63) is 46.1 Å². The van der Waals surface area contributed by atoms with Crippen LogP contribution in [-0.2, 0) is 12.8 Å². The summed E-state index contributed by atoms with van der Waals surface area (Å²) in [5.74, 6) is 1.71. The molecule has 0 bridgehead atoms. The van der Waals surface area contributed by atoms with Crippen molar-refractivity contribution in [3.63, 3.8) is 0 Å². The second-order valence-electron chi connectivity index (χ2n) is 4.76. The fraction of sp³-hybridized carbons (Fsp3) is 0.250. The van der Waals surface area contributed by atoms with Crippen LogP contribution >= 0.6 is 22.9 Å². The zero-order valence-electron chi connectivity index (χ0n) is 12.0. The first-order valence-corrected chi connectivity index (χ1v) is 8.21. The Morgan fingerprint density at radius 1 is 1.14 bits per heavy atom. The smallest absolute Gasteiger partial charge is 0.142 e. The van der Waals surface area contributed by atoms with Gasteiger partial charge in [-0.3, -0.25) is 0 Å². The predicted octanol–water partition coefficient (Wildman–Crippen LogP) is 5.21. The van der Waals surface area contributed by atoms with Crippen LogP contribution in [0.15, 0.2) is 30.3 Å². The van der Waals surface area contributed by atoms with Crippen LogP contribution in [0.25, 0.3) is 10.2 Å². The summed E-state index contributed by atoms with van der Waals surface area (Å²) in [4.78, 5) is 11.6. The van der Waals surface area contributed by atoms with E-state index in [1.807, 2.05) is 24.3 Å². The molecule has 0 unspecified atom stereocenters. The average Bonchev–Trinajstić information content (AvgIpc) is 2.90. The van der Waals surface area contributed by atoms with Gasteiger partial charge in [-0.1, -0.05) is 31.5 Å². The first kappa shape index (κ1) is 14.3. The maximum Gasteiger partial charge on any atom is 0.142 e. The summed E-state index contributed by atoms with van der Waals surface area (Å²) in [5, 5.41) is 5.16. The highest BCUT2D eigenvalue weighted by Gasteiger charge is 2.11. The van der Waals surface area contributed by atoms with Crippen LogP contribution in [0.3, 0.4) is 0 Å². The van der Waals surface area contributed by atoms with Crippen molar-refractivity contribution in [1.29, 1.82) is 0 Å². The molecule has 0 amide bonds. The largest absolute Gasteiger partial charge is 0.340 e. The second kappa shape index (κ2) is 6.00. The number of aryl methyl sites for hydroxylation is 2. The van der Waals surface area contributed by atoms with Gasteiger partial charge in [-0.15, -0.1) is 11.3 Å². The van der Waals surface area contributed by atoms with Crippen molar-refractivity contribution in [1.82, 2.24) is 9.97 Å². The molecule has 0 spiro atoms. The summed E-state index contributed by atoms with van der Waals surface area (Å²) in [6, 6.07) is 9.84. The summed E-state index contributed by atoms with van der Waals surface area (Å²) in [7, 11) is 0. The molecule has 0 aliphatic heterocycles. The third-order valence-corrected chi connectivity index (χ3v) is 4.65. The highest BCUT2D eigenvalue weighted by atomic mass is 35.5. The lowest BCUT2D eigenvalue weighted by atomic mass is 10.2. The zero-order valence-corrected chi connectivity index (χ0v) is 13.6. The van der Waals surface area contributed by atoms with E-state index < -0.39 is 0 Å². The minimum atomic E-state index is 0.709. The molecule has 2 aromatic heterocycles. The number of nitrogens with zero attached hydrogens (tertiary/aromatic N) is 2. The van der Waals surface area contributed by atoms with E-state index in [9.17, 15) is 0 Å². The Morgan fingerprint density at radius 3 is 2.71 bits per heavy atom. The van der Waals surface area contributed by atoms with Crippen molar-refractivity contribution < 1.29 is 0 Å². The summed E-state index contributed by atoms with van der Waals surface area (Å²) in [6.07, 6.45) is 1.83. The number of hydrogen-bond donors (Lipinski definition) is 1. The van der Waals surface area contributed by atoms with Gasteiger partial charge in [-0.25, -0.2) is 9.97 Å². The lowest BCUT2D eigenvalue weighted by Crippen LogP contribution is -1.99. The highest BCUT2D eigenvalue weighted by molar-refractivity contribution is 7.18. The molecule has 0 fully saturated rings. The van der Waals surface area contributed by atoms with E-state index in [-0.39, 0.29) is 0 Å². The van der Waals surface area contributed by atoms with Gasteiger partial charge < -0.3 is 5.32 Å². The van der Waals surface area contributed by atoms with Crippen molar-refractivity contribution in [2.45, 2.75) is 26.7 Å². The quantitative estimate of drug-likeness (QED) is 0.717. The number of rotatable bonds is 4. The molecule has 1 N–H and O–H groups in total. The van der Waals surface area contributed by atoms with E-state index in [4.69, 9.17) is 11.6 Å². The van der Waals surface area contributed by atoms with Crippen molar-refractivity contribution in [2.75, 3.05) is 5.32 Å². The number of thiophene rings is 1. The Bertz CT molecular complexity index is 782. The number of aromatic nitrogens is 2. The molecule has 3 aromatic rings. The van der Waals surface area contributed by atoms with Crippen LogP contribution in [0.4, 0.5) is 11.5 Å². The lowest BCUT2D eigenvalue weighted by molar-refractivity contribution is 0.967. The van der Waals surface area contributed by atoms with Crippen molar-refractivity contribution >= 4 is 44.7 Å². The topological polar surface area (TPSA) is 37.8 Å². The Labute approximate surface area is 133 Å². The SMILES string of the molecule is CCc1nc(Nc2cccc(Cl)c2)c2cc(CC)sc2n1. The lowest BCUT2D eigenvalue weighted by Gasteiger charge is -2.08. The van der Waals surface area contributed by atoms with Crippen LogP contribution in [0.5, 0.6) is 0 Å². The molecule has 1 aromatic carbocycles. The molecule has 0 aliphatic rings. The molecule has 108 valence electrons. The Balaban J connectivity index is 2.09. The van der Waals surface area contributed by atoms with E-state index in [1.54, 1.807) is 11.3 Å². The third-order valence-electron chi connectivity index (χ3n) is 3.24. The number of nitrogens with one attached hydrogen (secondary N) is 1. The van der Waals surface area contributed by atoms with Crippen LogP contribution in [0, 0.1) is 0 Å². The Hall–Kier alpha value is -1.65. The number of anilines is 2. The second-order valence-corrected chi connectivity index (χ2v) is 6.31. The first-order valence-electron chi connectivity index (χ1n) is 7.01. The number of benzene rings is 1.